The Hall–Kier alpha value is -3.19. The molecule has 0 aliphatic rings. The van der Waals surface area contributed by atoms with E-state index in [1.54, 1.807) is 6.92 Å². The highest BCUT2D eigenvalue weighted by Gasteiger charge is 2.33. The third-order valence-electron chi connectivity index (χ3n) is 5.46. The summed E-state index contributed by atoms with van der Waals surface area (Å²) in [6.07, 6.45) is 1.17. The van der Waals surface area contributed by atoms with E-state index < -0.39 is 35.7 Å². The molecule has 0 aliphatic heterocycles. The van der Waals surface area contributed by atoms with E-state index in [-0.39, 0.29) is 12.3 Å². The van der Waals surface area contributed by atoms with Crippen molar-refractivity contribution >= 4 is 17.8 Å². The molecule has 0 aromatic heterocycles. The van der Waals surface area contributed by atoms with E-state index in [4.69, 9.17) is 9.47 Å². The number of hydrogen-bond acceptors (Lipinski definition) is 5. The molecule has 0 unspecified atom stereocenters. The number of hydrogen-bond donors (Lipinski definition) is 2. The maximum Gasteiger partial charge on any atom is 0.331 e. The number of nitrogens with one attached hydrogen (secondary N) is 2. The Bertz CT molecular complexity index is 941. The molecule has 0 saturated heterocycles. The predicted molar refractivity (Wildman–Crippen MR) is 136 cm³/mol. The van der Waals surface area contributed by atoms with Gasteiger partial charge in [-0.05, 0) is 58.1 Å². The van der Waals surface area contributed by atoms with Crippen molar-refractivity contribution < 1.29 is 23.9 Å². The second-order valence-corrected chi connectivity index (χ2v) is 9.57. The summed E-state index contributed by atoms with van der Waals surface area (Å²) in [6.45, 7) is 7.32. The van der Waals surface area contributed by atoms with Gasteiger partial charge in [0, 0.05) is 6.42 Å². The van der Waals surface area contributed by atoms with Crippen LogP contribution in [0.3, 0.4) is 0 Å². The molecule has 190 valence electrons. The fraction of sp³-hybridized carbons (Fsp3) is 0.464. The van der Waals surface area contributed by atoms with Crippen LogP contribution in [0.2, 0.25) is 0 Å². The third kappa shape index (κ3) is 10.3. The van der Waals surface area contributed by atoms with Crippen molar-refractivity contribution in [2.75, 3.05) is 7.11 Å². The summed E-state index contributed by atoms with van der Waals surface area (Å²) >= 11 is 0. The Labute approximate surface area is 208 Å². The Morgan fingerprint density at radius 2 is 1.40 bits per heavy atom. The molecule has 7 nitrogen and oxygen atoms in total. The summed E-state index contributed by atoms with van der Waals surface area (Å²) in [5.41, 5.74) is 1.58. The topological polar surface area (TPSA) is 93.7 Å². The van der Waals surface area contributed by atoms with Gasteiger partial charge in [-0.15, -0.1) is 0 Å². The van der Waals surface area contributed by atoms with Gasteiger partial charge in [0.25, 0.3) is 0 Å². The van der Waals surface area contributed by atoms with Crippen LogP contribution in [0.4, 0.5) is 0 Å². The molecule has 2 aromatic carbocycles. The van der Waals surface area contributed by atoms with Crippen molar-refractivity contribution in [3.05, 3.63) is 71.8 Å². The number of benzene rings is 2. The summed E-state index contributed by atoms with van der Waals surface area (Å²) in [5, 5.41) is 5.62. The lowest BCUT2D eigenvalue weighted by Crippen LogP contribution is -2.56. The summed E-state index contributed by atoms with van der Waals surface area (Å²) in [6, 6.07) is 17.6. The number of carbonyl (C=O) groups excluding carboxylic acids is 3. The van der Waals surface area contributed by atoms with E-state index in [0.717, 1.165) is 11.1 Å². The molecule has 0 radical (unpaired) electrons. The minimum Gasteiger partial charge on any atom is -0.467 e. The first-order chi connectivity index (χ1) is 16.6. The quantitative estimate of drug-likeness (QED) is 0.451. The first kappa shape index (κ1) is 28.1. The lowest BCUT2D eigenvalue weighted by Gasteiger charge is -2.31. The molecule has 0 aliphatic carbocycles. The van der Waals surface area contributed by atoms with Crippen molar-refractivity contribution in [2.24, 2.45) is 0 Å². The molecule has 0 heterocycles. The molecule has 2 rings (SSSR count). The number of ether oxygens (including phenoxy) is 2. The SMILES string of the molecule is COC(=O)[C@@H](NC(=O)[C@H](CCc1ccccc1)NC(=O)CCc1ccccc1)[C@@H](C)OC(C)(C)C. The maximum absolute atomic E-state index is 13.3. The second-order valence-electron chi connectivity index (χ2n) is 9.57. The molecule has 0 spiro atoms. The molecule has 2 N–H and O–H groups in total. The number of carbonyl (C=O) groups is 3. The van der Waals surface area contributed by atoms with Crippen LogP contribution < -0.4 is 10.6 Å². The van der Waals surface area contributed by atoms with Gasteiger partial charge in [0.15, 0.2) is 6.04 Å². The lowest BCUT2D eigenvalue weighted by atomic mass is 10.0. The van der Waals surface area contributed by atoms with E-state index in [1.807, 2.05) is 81.4 Å². The van der Waals surface area contributed by atoms with Crippen LogP contribution in [-0.4, -0.2) is 48.7 Å². The lowest BCUT2D eigenvalue weighted by molar-refractivity contribution is -0.153. The van der Waals surface area contributed by atoms with E-state index in [0.29, 0.717) is 19.3 Å². The number of amides is 2. The van der Waals surface area contributed by atoms with E-state index in [1.165, 1.54) is 7.11 Å². The number of rotatable bonds is 12. The Morgan fingerprint density at radius 3 is 1.91 bits per heavy atom. The summed E-state index contributed by atoms with van der Waals surface area (Å²) in [4.78, 5) is 38.5. The zero-order chi connectivity index (χ0) is 25.8. The smallest absolute Gasteiger partial charge is 0.331 e. The van der Waals surface area contributed by atoms with Crippen molar-refractivity contribution in [3.63, 3.8) is 0 Å². The normalized spacial score (nSPS) is 13.9. The molecule has 3 atom stereocenters. The van der Waals surface area contributed by atoms with Crippen LogP contribution in [0.1, 0.15) is 51.7 Å². The van der Waals surface area contributed by atoms with Crippen LogP contribution in [-0.2, 0) is 36.7 Å². The molecular weight excluding hydrogens is 444 g/mol. The molecule has 2 aromatic rings. The van der Waals surface area contributed by atoms with Crippen LogP contribution in [0, 0.1) is 0 Å². The van der Waals surface area contributed by atoms with Gasteiger partial charge < -0.3 is 20.1 Å². The minimum atomic E-state index is -1.01. The first-order valence-electron chi connectivity index (χ1n) is 12.0. The maximum atomic E-state index is 13.3. The van der Waals surface area contributed by atoms with Gasteiger partial charge in [-0.1, -0.05) is 60.7 Å². The van der Waals surface area contributed by atoms with E-state index in [9.17, 15) is 14.4 Å². The van der Waals surface area contributed by atoms with E-state index in [2.05, 4.69) is 10.6 Å². The highest BCUT2D eigenvalue weighted by atomic mass is 16.5. The zero-order valence-corrected chi connectivity index (χ0v) is 21.4. The number of esters is 1. The largest absolute Gasteiger partial charge is 0.467 e. The first-order valence-corrected chi connectivity index (χ1v) is 12.0. The van der Waals surface area contributed by atoms with Crippen LogP contribution in [0.25, 0.3) is 0 Å². The van der Waals surface area contributed by atoms with Crippen LogP contribution in [0.15, 0.2) is 60.7 Å². The molecule has 35 heavy (non-hydrogen) atoms. The Kier molecular flexibility index (Phi) is 10.9. The van der Waals surface area contributed by atoms with Gasteiger partial charge in [0.2, 0.25) is 11.8 Å². The van der Waals surface area contributed by atoms with Crippen LogP contribution in [0.5, 0.6) is 0 Å². The summed E-state index contributed by atoms with van der Waals surface area (Å²) < 4.78 is 10.8. The Morgan fingerprint density at radius 1 is 0.857 bits per heavy atom. The molecule has 0 bridgehead atoms. The number of aryl methyl sites for hydroxylation is 2. The monoisotopic (exact) mass is 482 g/mol. The van der Waals surface area contributed by atoms with Crippen LogP contribution >= 0.6 is 0 Å². The van der Waals surface area contributed by atoms with Gasteiger partial charge in [-0.3, -0.25) is 9.59 Å². The summed E-state index contributed by atoms with van der Waals surface area (Å²) in [5.74, 6) is -1.28. The predicted octanol–water partition coefficient (Wildman–Crippen LogP) is 3.60. The Balaban J connectivity index is 2.11. The highest BCUT2D eigenvalue weighted by molar-refractivity contribution is 5.91. The average Bonchev–Trinajstić information content (AvgIpc) is 2.83. The molecular formula is C28H38N2O5. The number of methoxy groups -OCH3 is 1. The fourth-order valence-electron chi connectivity index (χ4n) is 3.77. The van der Waals surface area contributed by atoms with E-state index >= 15 is 0 Å². The van der Waals surface area contributed by atoms with Gasteiger partial charge in [0.1, 0.15) is 6.04 Å². The highest BCUT2D eigenvalue weighted by Crippen LogP contribution is 2.15. The average molecular weight is 483 g/mol. The van der Waals surface area contributed by atoms with Gasteiger partial charge >= 0.3 is 5.97 Å². The van der Waals surface area contributed by atoms with Gasteiger partial charge in [0.05, 0.1) is 18.8 Å². The summed E-state index contributed by atoms with van der Waals surface area (Å²) in [7, 11) is 1.27. The molecule has 2 amide bonds. The van der Waals surface area contributed by atoms with Gasteiger partial charge in [-0.25, -0.2) is 4.79 Å². The van der Waals surface area contributed by atoms with Crippen molar-refractivity contribution in [1.82, 2.24) is 10.6 Å². The fourth-order valence-corrected chi connectivity index (χ4v) is 3.77. The standard InChI is InChI=1S/C28H38N2O5/c1-20(35-28(2,3)4)25(27(33)34-5)30-26(32)23(18-16-21-12-8-6-9-13-21)29-24(31)19-17-22-14-10-7-11-15-22/h6-15,20,23,25H,16-19H2,1-5H3,(H,29,31)(H,30,32)/t20-,23+,25+/m1/s1. The van der Waals surface area contributed by atoms with Crippen molar-refractivity contribution in [2.45, 2.75) is 77.2 Å². The molecule has 7 heteroatoms. The minimum absolute atomic E-state index is 0.226. The van der Waals surface area contributed by atoms with Gasteiger partial charge in [-0.2, -0.15) is 0 Å². The van der Waals surface area contributed by atoms with Crippen molar-refractivity contribution in [3.8, 4) is 0 Å². The molecule has 0 fully saturated rings. The zero-order valence-electron chi connectivity index (χ0n) is 21.4. The third-order valence-corrected chi connectivity index (χ3v) is 5.46. The second kappa shape index (κ2) is 13.6. The van der Waals surface area contributed by atoms with Crippen molar-refractivity contribution in [1.29, 1.82) is 0 Å². The molecule has 0 saturated carbocycles.